The first-order valence-corrected chi connectivity index (χ1v) is 11.9. The van der Waals surface area contributed by atoms with Crippen molar-refractivity contribution in [2.24, 2.45) is 11.1 Å². The summed E-state index contributed by atoms with van der Waals surface area (Å²) >= 11 is 0. The van der Waals surface area contributed by atoms with E-state index < -0.39 is 0 Å². The van der Waals surface area contributed by atoms with Gasteiger partial charge in [-0.3, -0.25) is 0 Å². The molecule has 4 heterocycles. The Hall–Kier alpha value is -2.93. The number of likely N-dealkylation sites (tertiary alicyclic amines) is 1. The summed E-state index contributed by atoms with van der Waals surface area (Å²) in [7, 11) is 0. The van der Waals surface area contributed by atoms with E-state index in [0.29, 0.717) is 0 Å². The normalized spacial score (nSPS) is 20.5. The van der Waals surface area contributed by atoms with Gasteiger partial charge in [0.2, 0.25) is 0 Å². The number of nitrogens with one attached hydrogen (secondary N) is 1. The van der Waals surface area contributed by atoms with Crippen LogP contribution in [0, 0.1) is 5.92 Å². The SMILES string of the molecule is CCn1ncc2c(Nc3ccccc3)c(C3=NOC4(CCN(CC5CC5)CC4)C3)cnc21. The Morgan fingerprint density at radius 1 is 1.12 bits per heavy atom. The fraction of sp³-hybridized carbons (Fsp3) is 0.480. The monoisotopic (exact) mass is 430 g/mol. The first-order valence-electron chi connectivity index (χ1n) is 11.9. The molecule has 1 aromatic carbocycles. The van der Waals surface area contributed by atoms with Gasteiger partial charge >= 0.3 is 0 Å². The highest BCUT2D eigenvalue weighted by Gasteiger charge is 2.43. The molecule has 0 unspecified atom stereocenters. The molecule has 1 saturated heterocycles. The van der Waals surface area contributed by atoms with Crippen LogP contribution in [-0.4, -0.2) is 50.6 Å². The Balaban J connectivity index is 1.28. The highest BCUT2D eigenvalue weighted by Crippen LogP contribution is 2.40. The lowest BCUT2D eigenvalue weighted by molar-refractivity contribution is -0.0619. The van der Waals surface area contributed by atoms with Gasteiger partial charge in [0.1, 0.15) is 5.60 Å². The molecule has 0 radical (unpaired) electrons. The van der Waals surface area contributed by atoms with Crippen LogP contribution in [0.25, 0.3) is 11.0 Å². The Labute approximate surface area is 188 Å². The van der Waals surface area contributed by atoms with Crippen molar-refractivity contribution in [1.82, 2.24) is 19.7 Å². The number of benzene rings is 1. The van der Waals surface area contributed by atoms with Crippen molar-refractivity contribution in [3.05, 3.63) is 48.3 Å². The van der Waals surface area contributed by atoms with E-state index in [1.54, 1.807) is 0 Å². The van der Waals surface area contributed by atoms with Crippen molar-refractivity contribution in [3.63, 3.8) is 0 Å². The maximum atomic E-state index is 6.15. The first-order chi connectivity index (χ1) is 15.7. The Bertz CT molecular complexity index is 1140. The van der Waals surface area contributed by atoms with Gasteiger partial charge in [-0.25, -0.2) is 9.67 Å². The van der Waals surface area contributed by atoms with Gasteiger partial charge in [-0.05, 0) is 37.8 Å². The Morgan fingerprint density at radius 2 is 1.94 bits per heavy atom. The van der Waals surface area contributed by atoms with Gasteiger partial charge in [-0.2, -0.15) is 5.10 Å². The molecular formula is C25H30N6O. The van der Waals surface area contributed by atoms with Crippen LogP contribution >= 0.6 is 0 Å². The lowest BCUT2D eigenvalue weighted by Gasteiger charge is -2.37. The standard InChI is InChI=1S/C25H30N6O/c1-2-31-24-21(16-27-31)23(28-19-6-4-3-5-7-19)20(15-26-24)22-14-25(32-29-22)10-12-30(13-11-25)17-18-8-9-18/h3-7,15-16,18H,2,8-14,17H2,1H3,(H,26,28). The number of para-hydroxylation sites is 1. The van der Waals surface area contributed by atoms with Crippen molar-refractivity contribution < 1.29 is 4.84 Å². The molecule has 1 aliphatic carbocycles. The molecule has 3 aliphatic rings. The molecule has 7 heteroatoms. The topological polar surface area (TPSA) is 67.6 Å². The lowest BCUT2D eigenvalue weighted by atomic mass is 9.85. The highest BCUT2D eigenvalue weighted by atomic mass is 16.7. The van der Waals surface area contributed by atoms with E-state index in [9.17, 15) is 0 Å². The summed E-state index contributed by atoms with van der Waals surface area (Å²) in [5.74, 6) is 0.939. The molecule has 6 rings (SSSR count). The van der Waals surface area contributed by atoms with E-state index >= 15 is 0 Å². The van der Waals surface area contributed by atoms with Crippen LogP contribution in [0.3, 0.4) is 0 Å². The molecule has 7 nitrogen and oxygen atoms in total. The number of hydrogen-bond donors (Lipinski definition) is 1. The quantitative estimate of drug-likeness (QED) is 0.621. The number of rotatable bonds is 6. The Morgan fingerprint density at radius 3 is 2.69 bits per heavy atom. The summed E-state index contributed by atoms with van der Waals surface area (Å²) in [6, 6.07) is 10.2. The predicted molar refractivity (Wildman–Crippen MR) is 126 cm³/mol. The number of piperidine rings is 1. The van der Waals surface area contributed by atoms with Crippen molar-refractivity contribution in [1.29, 1.82) is 0 Å². The van der Waals surface area contributed by atoms with E-state index in [2.05, 4.69) is 39.5 Å². The third kappa shape index (κ3) is 3.64. The van der Waals surface area contributed by atoms with E-state index in [1.807, 2.05) is 35.3 Å². The van der Waals surface area contributed by atoms with Crippen molar-refractivity contribution in [2.45, 2.75) is 51.2 Å². The molecule has 1 saturated carbocycles. The second kappa shape index (κ2) is 7.89. The average Bonchev–Trinajstić information content (AvgIpc) is 3.39. The van der Waals surface area contributed by atoms with Crippen LogP contribution in [0.15, 0.2) is 47.9 Å². The zero-order valence-electron chi connectivity index (χ0n) is 18.6. The molecular weight excluding hydrogens is 400 g/mol. The number of anilines is 2. The van der Waals surface area contributed by atoms with Gasteiger partial charge in [-0.15, -0.1) is 0 Å². The predicted octanol–water partition coefficient (Wildman–Crippen LogP) is 4.56. The van der Waals surface area contributed by atoms with Crippen LogP contribution < -0.4 is 5.32 Å². The average molecular weight is 431 g/mol. The van der Waals surface area contributed by atoms with Gasteiger partial charge in [0.25, 0.3) is 0 Å². The van der Waals surface area contributed by atoms with Crippen LogP contribution in [0.2, 0.25) is 0 Å². The van der Waals surface area contributed by atoms with E-state index in [4.69, 9.17) is 9.82 Å². The first kappa shape index (κ1) is 19.7. The highest BCUT2D eigenvalue weighted by molar-refractivity contribution is 6.11. The van der Waals surface area contributed by atoms with Gasteiger partial charge in [0.05, 0.1) is 23.0 Å². The van der Waals surface area contributed by atoms with E-state index in [-0.39, 0.29) is 5.60 Å². The number of nitrogens with zero attached hydrogens (tertiary/aromatic N) is 5. The molecule has 32 heavy (non-hydrogen) atoms. The fourth-order valence-electron chi connectivity index (χ4n) is 5.02. The molecule has 2 aromatic heterocycles. The van der Waals surface area contributed by atoms with Gasteiger partial charge in [-0.1, -0.05) is 23.4 Å². The number of pyridine rings is 1. The summed E-state index contributed by atoms with van der Waals surface area (Å²) < 4.78 is 1.93. The van der Waals surface area contributed by atoms with Gasteiger partial charge < -0.3 is 15.1 Å². The third-order valence-electron chi connectivity index (χ3n) is 7.14. The van der Waals surface area contributed by atoms with Crippen molar-refractivity contribution >= 4 is 28.1 Å². The number of hydrogen-bond acceptors (Lipinski definition) is 6. The molecule has 2 aliphatic heterocycles. The van der Waals surface area contributed by atoms with Crippen LogP contribution in [0.4, 0.5) is 11.4 Å². The number of oxime groups is 1. The minimum absolute atomic E-state index is 0.165. The smallest absolute Gasteiger partial charge is 0.159 e. The summed E-state index contributed by atoms with van der Waals surface area (Å²) in [6.07, 6.45) is 9.57. The number of fused-ring (bicyclic) bond motifs is 1. The second-order valence-corrected chi connectivity index (χ2v) is 9.47. The van der Waals surface area contributed by atoms with Gasteiger partial charge in [0.15, 0.2) is 5.65 Å². The molecule has 3 aromatic rings. The molecule has 2 fully saturated rings. The lowest BCUT2D eigenvalue weighted by Crippen LogP contribution is -2.45. The van der Waals surface area contributed by atoms with Crippen molar-refractivity contribution in [2.75, 3.05) is 25.0 Å². The summed E-state index contributed by atoms with van der Waals surface area (Å²) in [5, 5.41) is 13.8. The van der Waals surface area contributed by atoms with E-state index in [1.165, 1.54) is 19.4 Å². The number of aromatic nitrogens is 3. The molecule has 166 valence electrons. The van der Waals surface area contributed by atoms with Crippen LogP contribution in [0.5, 0.6) is 0 Å². The minimum atomic E-state index is -0.165. The van der Waals surface area contributed by atoms with Crippen molar-refractivity contribution in [3.8, 4) is 0 Å². The molecule has 0 bridgehead atoms. The zero-order chi connectivity index (χ0) is 21.5. The van der Waals surface area contributed by atoms with Crippen LogP contribution in [-0.2, 0) is 11.4 Å². The third-order valence-corrected chi connectivity index (χ3v) is 7.14. The zero-order valence-corrected chi connectivity index (χ0v) is 18.6. The number of aryl methyl sites for hydroxylation is 1. The maximum Gasteiger partial charge on any atom is 0.159 e. The fourth-order valence-corrected chi connectivity index (χ4v) is 5.02. The molecule has 0 atom stereocenters. The second-order valence-electron chi connectivity index (χ2n) is 9.47. The summed E-state index contributed by atoms with van der Waals surface area (Å²) in [6.45, 7) is 6.34. The van der Waals surface area contributed by atoms with E-state index in [0.717, 1.165) is 78.5 Å². The largest absolute Gasteiger partial charge is 0.388 e. The molecule has 0 amide bonds. The molecule has 1 N–H and O–H groups in total. The molecule has 1 spiro atoms. The Kier molecular flexibility index (Phi) is 4.86. The maximum absolute atomic E-state index is 6.15. The minimum Gasteiger partial charge on any atom is -0.388 e. The van der Waals surface area contributed by atoms with Gasteiger partial charge in [0, 0.05) is 62.9 Å². The summed E-state index contributed by atoms with van der Waals surface area (Å²) in [4.78, 5) is 13.5. The summed E-state index contributed by atoms with van der Waals surface area (Å²) in [5.41, 5.74) is 4.76. The van der Waals surface area contributed by atoms with Crippen LogP contribution in [0.1, 0.15) is 44.6 Å².